The zero-order chi connectivity index (χ0) is 15.5. The van der Waals surface area contributed by atoms with Crippen molar-refractivity contribution in [3.05, 3.63) is 35.9 Å². The number of nitrogens with one attached hydrogen (secondary N) is 2. The van der Waals surface area contributed by atoms with Crippen LogP contribution in [0.1, 0.15) is 17.3 Å². The van der Waals surface area contributed by atoms with Gasteiger partial charge in [-0.2, -0.15) is 13.5 Å². The lowest BCUT2D eigenvalue weighted by molar-refractivity contribution is 0.0522. The first-order valence-electron chi connectivity index (χ1n) is 5.79. The number of aromatic nitrogens is 3. The van der Waals surface area contributed by atoms with Crippen LogP contribution in [0.25, 0.3) is 0 Å². The Morgan fingerprint density at radius 2 is 2.29 bits per heavy atom. The van der Waals surface area contributed by atoms with Crippen molar-refractivity contribution < 1.29 is 22.3 Å². The van der Waals surface area contributed by atoms with E-state index in [0.29, 0.717) is 0 Å². The van der Waals surface area contributed by atoms with Crippen LogP contribution in [0.3, 0.4) is 0 Å². The summed E-state index contributed by atoms with van der Waals surface area (Å²) in [7, 11) is -4.26. The van der Waals surface area contributed by atoms with E-state index in [2.05, 4.69) is 15.2 Å². The number of sulfonamides is 1. The van der Waals surface area contributed by atoms with Gasteiger partial charge in [-0.25, -0.2) is 14.2 Å². The maximum absolute atomic E-state index is 13.4. The maximum Gasteiger partial charge on any atom is 0.342 e. The summed E-state index contributed by atoms with van der Waals surface area (Å²) in [5.74, 6) is -2.19. The number of aromatic amines is 1. The third kappa shape index (κ3) is 3.16. The summed E-state index contributed by atoms with van der Waals surface area (Å²) < 4.78 is 44.4. The van der Waals surface area contributed by atoms with Gasteiger partial charge in [0.15, 0.2) is 16.7 Å². The summed E-state index contributed by atoms with van der Waals surface area (Å²) in [6.07, 6.45) is 2.24. The molecular weight excluding hydrogens is 303 g/mol. The van der Waals surface area contributed by atoms with E-state index >= 15 is 0 Å². The van der Waals surface area contributed by atoms with Crippen LogP contribution in [0.5, 0.6) is 0 Å². The molecule has 0 aromatic carbocycles. The van der Waals surface area contributed by atoms with Crippen molar-refractivity contribution in [3.8, 4) is 0 Å². The molecule has 0 amide bonds. The second kappa shape index (κ2) is 5.87. The highest BCUT2D eigenvalue weighted by molar-refractivity contribution is 7.92. The molecule has 0 aliphatic heterocycles. The van der Waals surface area contributed by atoms with Crippen LogP contribution in [-0.2, 0) is 14.8 Å². The Morgan fingerprint density at radius 3 is 2.95 bits per heavy atom. The fraction of sp³-hybridized carbons (Fsp3) is 0.182. The molecular formula is C11H11FN4O4S. The fourth-order valence-corrected chi connectivity index (χ4v) is 2.58. The minimum Gasteiger partial charge on any atom is -0.462 e. The number of esters is 1. The van der Waals surface area contributed by atoms with Crippen LogP contribution >= 0.6 is 0 Å². The average Bonchev–Trinajstić information content (AvgIpc) is 2.92. The SMILES string of the molecule is CCOC(=O)c1cn[nH]c1S(=O)(=O)Nc1ncccc1F. The Balaban J connectivity index is 2.35. The van der Waals surface area contributed by atoms with Gasteiger partial charge >= 0.3 is 5.97 Å². The largest absolute Gasteiger partial charge is 0.462 e. The number of nitrogens with zero attached hydrogens (tertiary/aromatic N) is 2. The van der Waals surface area contributed by atoms with Crippen molar-refractivity contribution in [1.29, 1.82) is 0 Å². The van der Waals surface area contributed by atoms with E-state index in [1.165, 1.54) is 12.3 Å². The standard InChI is InChI=1S/C11H11FN4O4S/c1-2-20-11(17)7-6-14-15-10(7)21(18,19)16-9-8(12)4-3-5-13-9/h3-6H,2H2,1H3,(H,13,16)(H,14,15). The van der Waals surface area contributed by atoms with Gasteiger partial charge in [0.05, 0.1) is 12.8 Å². The topological polar surface area (TPSA) is 114 Å². The van der Waals surface area contributed by atoms with Gasteiger partial charge in [-0.05, 0) is 19.1 Å². The second-order valence-corrected chi connectivity index (χ2v) is 5.39. The molecule has 0 saturated carbocycles. The normalized spacial score (nSPS) is 11.1. The fourth-order valence-electron chi connectivity index (χ4n) is 1.47. The van der Waals surface area contributed by atoms with E-state index < -0.39 is 32.7 Å². The summed E-state index contributed by atoms with van der Waals surface area (Å²) in [6, 6.07) is 2.36. The van der Waals surface area contributed by atoms with Crippen molar-refractivity contribution in [2.75, 3.05) is 11.3 Å². The first kappa shape index (κ1) is 14.9. The summed E-state index contributed by atoms with van der Waals surface area (Å²) >= 11 is 0. The van der Waals surface area contributed by atoms with Gasteiger partial charge in [0, 0.05) is 6.20 Å². The van der Waals surface area contributed by atoms with Crippen molar-refractivity contribution in [2.45, 2.75) is 11.9 Å². The molecule has 0 bridgehead atoms. The van der Waals surface area contributed by atoms with E-state index in [0.717, 1.165) is 12.3 Å². The van der Waals surface area contributed by atoms with Crippen molar-refractivity contribution in [1.82, 2.24) is 15.2 Å². The molecule has 0 atom stereocenters. The van der Waals surface area contributed by atoms with Crippen LogP contribution in [0, 0.1) is 5.82 Å². The average molecular weight is 314 g/mol. The summed E-state index contributed by atoms with van der Waals surface area (Å²) in [4.78, 5) is 15.2. The minimum atomic E-state index is -4.26. The number of ether oxygens (including phenoxy) is 1. The lowest BCUT2D eigenvalue weighted by Gasteiger charge is -2.07. The van der Waals surface area contributed by atoms with E-state index in [1.54, 1.807) is 6.92 Å². The van der Waals surface area contributed by atoms with Crippen LogP contribution in [0.4, 0.5) is 10.2 Å². The smallest absolute Gasteiger partial charge is 0.342 e. The molecule has 0 radical (unpaired) electrons. The number of carbonyl (C=O) groups is 1. The van der Waals surface area contributed by atoms with E-state index in [1.807, 2.05) is 4.72 Å². The van der Waals surface area contributed by atoms with Crippen LogP contribution in [-0.4, -0.2) is 36.2 Å². The van der Waals surface area contributed by atoms with Gasteiger partial charge in [-0.15, -0.1) is 0 Å². The first-order chi connectivity index (χ1) is 9.95. The highest BCUT2D eigenvalue weighted by Gasteiger charge is 2.27. The van der Waals surface area contributed by atoms with Gasteiger partial charge < -0.3 is 4.74 Å². The Bertz CT molecular complexity index is 759. The Labute approximate surface area is 119 Å². The molecule has 2 heterocycles. The van der Waals surface area contributed by atoms with Gasteiger partial charge in [0.2, 0.25) is 0 Å². The highest BCUT2D eigenvalue weighted by Crippen LogP contribution is 2.18. The van der Waals surface area contributed by atoms with Gasteiger partial charge in [0.1, 0.15) is 5.56 Å². The molecule has 0 unspecified atom stereocenters. The third-order valence-electron chi connectivity index (χ3n) is 2.36. The molecule has 112 valence electrons. The zero-order valence-electron chi connectivity index (χ0n) is 10.8. The second-order valence-electron chi connectivity index (χ2n) is 3.77. The monoisotopic (exact) mass is 314 g/mol. The predicted octanol–water partition coefficient (Wildman–Crippen LogP) is 0.921. The molecule has 8 nitrogen and oxygen atoms in total. The number of anilines is 1. The lowest BCUT2D eigenvalue weighted by atomic mass is 10.4. The van der Waals surface area contributed by atoms with Crippen molar-refractivity contribution >= 4 is 21.8 Å². The number of pyridine rings is 1. The van der Waals surface area contributed by atoms with Crippen molar-refractivity contribution in [3.63, 3.8) is 0 Å². The zero-order valence-corrected chi connectivity index (χ0v) is 11.6. The number of halogens is 1. The Hall–Kier alpha value is -2.49. The van der Waals surface area contributed by atoms with Crippen LogP contribution in [0.15, 0.2) is 29.6 Å². The molecule has 0 fully saturated rings. The van der Waals surface area contributed by atoms with Crippen molar-refractivity contribution in [2.24, 2.45) is 0 Å². The first-order valence-corrected chi connectivity index (χ1v) is 7.28. The molecule has 0 aliphatic rings. The van der Waals surface area contributed by atoms with Gasteiger partial charge in [0.25, 0.3) is 10.0 Å². The molecule has 2 aromatic rings. The summed E-state index contributed by atoms with van der Waals surface area (Å²) in [5, 5.41) is 5.15. The number of rotatable bonds is 5. The minimum absolute atomic E-state index is 0.0752. The van der Waals surface area contributed by atoms with E-state index in [9.17, 15) is 17.6 Å². The van der Waals surface area contributed by atoms with Gasteiger partial charge in [-0.1, -0.05) is 0 Å². The molecule has 21 heavy (non-hydrogen) atoms. The quantitative estimate of drug-likeness (QED) is 0.793. The lowest BCUT2D eigenvalue weighted by Crippen LogP contribution is -2.19. The predicted molar refractivity (Wildman–Crippen MR) is 69.5 cm³/mol. The van der Waals surface area contributed by atoms with Crippen LogP contribution in [0.2, 0.25) is 0 Å². The highest BCUT2D eigenvalue weighted by atomic mass is 32.2. The maximum atomic E-state index is 13.4. The number of hydrogen-bond acceptors (Lipinski definition) is 6. The molecule has 0 saturated heterocycles. The number of hydrogen-bond donors (Lipinski definition) is 2. The molecule has 2 rings (SSSR count). The molecule has 0 aliphatic carbocycles. The molecule has 0 spiro atoms. The Morgan fingerprint density at radius 1 is 1.52 bits per heavy atom. The van der Waals surface area contributed by atoms with Gasteiger partial charge in [-0.3, -0.25) is 9.82 Å². The summed E-state index contributed by atoms with van der Waals surface area (Å²) in [5.41, 5.74) is -0.277. The third-order valence-corrected chi connectivity index (χ3v) is 3.67. The van der Waals surface area contributed by atoms with E-state index in [4.69, 9.17) is 4.74 Å². The molecule has 2 N–H and O–H groups in total. The Kier molecular flexibility index (Phi) is 4.17. The molecule has 2 aromatic heterocycles. The van der Waals surface area contributed by atoms with Crippen LogP contribution < -0.4 is 4.72 Å². The number of H-pyrrole nitrogens is 1. The molecule has 10 heteroatoms. The summed E-state index contributed by atoms with van der Waals surface area (Å²) in [6.45, 7) is 1.65. The van der Waals surface area contributed by atoms with E-state index in [-0.39, 0.29) is 12.2 Å². The number of carbonyl (C=O) groups excluding carboxylic acids is 1.